The van der Waals surface area contributed by atoms with Gasteiger partial charge in [-0.05, 0) is 37.0 Å². The zero-order valence-corrected chi connectivity index (χ0v) is 11.7. The Morgan fingerprint density at radius 3 is 2.28 bits per heavy atom. The lowest BCUT2D eigenvalue weighted by atomic mass is 10.1. The second-order valence-corrected chi connectivity index (χ2v) is 5.01. The Balaban J connectivity index is 2.17. The van der Waals surface area contributed by atoms with Crippen molar-refractivity contribution in [1.29, 1.82) is 0 Å². The quantitative estimate of drug-likeness (QED) is 0.722. The molecule has 2 N–H and O–H groups in total. The van der Waals surface area contributed by atoms with Crippen LogP contribution in [0.1, 0.15) is 32.8 Å². The standard InChI is InChI=1S/C15H25NO2/c1-12(2)10-13(3)17-8-9-18-15-6-4-14(11-16)5-7-15/h4-7,12-13H,8-11,16H2,1-3H3. The van der Waals surface area contributed by atoms with Crippen molar-refractivity contribution in [2.45, 2.75) is 39.8 Å². The molecule has 0 spiro atoms. The number of ether oxygens (including phenoxy) is 2. The third-order valence-corrected chi connectivity index (χ3v) is 2.72. The lowest BCUT2D eigenvalue weighted by molar-refractivity contribution is 0.0331. The Morgan fingerprint density at radius 1 is 1.06 bits per heavy atom. The van der Waals surface area contributed by atoms with Crippen LogP contribution in [0.5, 0.6) is 5.75 Å². The number of hydrogen-bond acceptors (Lipinski definition) is 3. The van der Waals surface area contributed by atoms with Crippen LogP contribution in [0.2, 0.25) is 0 Å². The van der Waals surface area contributed by atoms with E-state index in [1.54, 1.807) is 0 Å². The first-order valence-corrected chi connectivity index (χ1v) is 6.65. The van der Waals surface area contributed by atoms with E-state index in [-0.39, 0.29) is 0 Å². The third-order valence-electron chi connectivity index (χ3n) is 2.72. The van der Waals surface area contributed by atoms with Gasteiger partial charge in [0, 0.05) is 6.54 Å². The Hall–Kier alpha value is -1.06. The average molecular weight is 251 g/mol. The molecule has 0 saturated carbocycles. The van der Waals surface area contributed by atoms with Gasteiger partial charge >= 0.3 is 0 Å². The van der Waals surface area contributed by atoms with Gasteiger partial charge in [-0.2, -0.15) is 0 Å². The van der Waals surface area contributed by atoms with E-state index in [4.69, 9.17) is 15.2 Å². The van der Waals surface area contributed by atoms with E-state index in [1.165, 1.54) is 0 Å². The highest BCUT2D eigenvalue weighted by Crippen LogP contribution is 2.12. The monoisotopic (exact) mass is 251 g/mol. The summed E-state index contributed by atoms with van der Waals surface area (Å²) >= 11 is 0. The maximum Gasteiger partial charge on any atom is 0.119 e. The van der Waals surface area contributed by atoms with Crippen molar-refractivity contribution >= 4 is 0 Å². The molecule has 0 amide bonds. The number of nitrogens with two attached hydrogens (primary N) is 1. The largest absolute Gasteiger partial charge is 0.491 e. The zero-order valence-electron chi connectivity index (χ0n) is 11.7. The number of hydrogen-bond donors (Lipinski definition) is 1. The first-order valence-electron chi connectivity index (χ1n) is 6.65. The van der Waals surface area contributed by atoms with Crippen molar-refractivity contribution in [3.63, 3.8) is 0 Å². The first kappa shape index (κ1) is 15.0. The molecule has 1 aromatic carbocycles. The maximum absolute atomic E-state index is 5.67. The second-order valence-electron chi connectivity index (χ2n) is 5.01. The highest BCUT2D eigenvalue weighted by atomic mass is 16.5. The molecule has 0 aliphatic carbocycles. The predicted molar refractivity (Wildman–Crippen MR) is 74.7 cm³/mol. The molecule has 102 valence electrons. The van der Waals surface area contributed by atoms with Gasteiger partial charge in [-0.3, -0.25) is 0 Å². The molecule has 0 aliphatic rings. The second kappa shape index (κ2) is 8.11. The molecule has 0 saturated heterocycles. The van der Waals surface area contributed by atoms with Crippen LogP contribution < -0.4 is 10.5 Å². The van der Waals surface area contributed by atoms with Gasteiger partial charge in [-0.25, -0.2) is 0 Å². The fourth-order valence-electron chi connectivity index (χ4n) is 1.86. The van der Waals surface area contributed by atoms with E-state index in [2.05, 4.69) is 20.8 Å². The van der Waals surface area contributed by atoms with Crippen molar-refractivity contribution in [1.82, 2.24) is 0 Å². The summed E-state index contributed by atoms with van der Waals surface area (Å²) in [6.45, 7) is 8.30. The van der Waals surface area contributed by atoms with Gasteiger partial charge < -0.3 is 15.2 Å². The Kier molecular flexibility index (Phi) is 6.76. The molecule has 0 fully saturated rings. The van der Waals surface area contributed by atoms with Crippen molar-refractivity contribution in [2.75, 3.05) is 13.2 Å². The molecule has 3 heteroatoms. The molecule has 0 bridgehead atoms. The predicted octanol–water partition coefficient (Wildman–Crippen LogP) is 2.98. The van der Waals surface area contributed by atoms with Crippen LogP contribution in [0.25, 0.3) is 0 Å². The van der Waals surface area contributed by atoms with Crippen molar-refractivity contribution in [3.05, 3.63) is 29.8 Å². The lowest BCUT2D eigenvalue weighted by Gasteiger charge is -2.15. The molecule has 1 atom stereocenters. The van der Waals surface area contributed by atoms with Crippen LogP contribution in [0.4, 0.5) is 0 Å². The normalized spacial score (nSPS) is 12.7. The lowest BCUT2D eigenvalue weighted by Crippen LogP contribution is -2.16. The Bertz CT molecular complexity index is 322. The zero-order chi connectivity index (χ0) is 13.4. The summed E-state index contributed by atoms with van der Waals surface area (Å²) in [4.78, 5) is 0. The number of rotatable bonds is 8. The summed E-state index contributed by atoms with van der Waals surface area (Å²) < 4.78 is 11.3. The van der Waals surface area contributed by atoms with Gasteiger partial charge in [0.1, 0.15) is 12.4 Å². The number of benzene rings is 1. The molecule has 0 aliphatic heterocycles. The minimum Gasteiger partial charge on any atom is -0.491 e. The fourth-order valence-corrected chi connectivity index (χ4v) is 1.86. The van der Waals surface area contributed by atoms with Crippen molar-refractivity contribution < 1.29 is 9.47 Å². The van der Waals surface area contributed by atoms with Crippen LogP contribution in [-0.4, -0.2) is 19.3 Å². The van der Waals surface area contributed by atoms with E-state index >= 15 is 0 Å². The van der Waals surface area contributed by atoms with Crippen molar-refractivity contribution in [3.8, 4) is 5.75 Å². The maximum atomic E-state index is 5.67. The molecule has 0 heterocycles. The molecule has 3 nitrogen and oxygen atoms in total. The van der Waals surface area contributed by atoms with Gasteiger partial charge in [0.05, 0.1) is 12.7 Å². The van der Waals surface area contributed by atoms with Gasteiger partial charge in [0.25, 0.3) is 0 Å². The molecule has 1 aromatic rings. The summed E-state index contributed by atoms with van der Waals surface area (Å²) in [7, 11) is 0. The smallest absolute Gasteiger partial charge is 0.119 e. The molecule has 1 rings (SSSR count). The van der Waals surface area contributed by atoms with E-state index in [0.717, 1.165) is 17.7 Å². The summed E-state index contributed by atoms with van der Waals surface area (Å²) in [6, 6.07) is 7.86. The summed E-state index contributed by atoms with van der Waals surface area (Å²) in [5, 5.41) is 0. The average Bonchev–Trinajstić information content (AvgIpc) is 2.34. The molecular weight excluding hydrogens is 226 g/mol. The first-order chi connectivity index (χ1) is 8.61. The van der Waals surface area contributed by atoms with Gasteiger partial charge in [-0.1, -0.05) is 26.0 Å². The summed E-state index contributed by atoms with van der Waals surface area (Å²) in [6.07, 6.45) is 1.39. The molecule has 0 radical (unpaired) electrons. The van der Waals surface area contributed by atoms with E-state index in [1.807, 2.05) is 24.3 Å². The molecular formula is C15H25NO2. The third kappa shape index (κ3) is 6.03. The Morgan fingerprint density at radius 2 is 1.72 bits per heavy atom. The van der Waals surface area contributed by atoms with Crippen LogP contribution in [0, 0.1) is 5.92 Å². The van der Waals surface area contributed by atoms with Crippen LogP contribution >= 0.6 is 0 Å². The van der Waals surface area contributed by atoms with Gasteiger partial charge in [0.2, 0.25) is 0 Å². The van der Waals surface area contributed by atoms with Gasteiger partial charge in [0.15, 0.2) is 0 Å². The Labute approximate surface area is 110 Å². The van der Waals surface area contributed by atoms with E-state index in [9.17, 15) is 0 Å². The van der Waals surface area contributed by atoms with Crippen LogP contribution in [-0.2, 0) is 11.3 Å². The topological polar surface area (TPSA) is 44.5 Å². The van der Waals surface area contributed by atoms with Crippen LogP contribution in [0.15, 0.2) is 24.3 Å². The highest BCUT2D eigenvalue weighted by Gasteiger charge is 2.04. The molecule has 1 unspecified atom stereocenters. The summed E-state index contributed by atoms with van der Waals surface area (Å²) in [5.74, 6) is 1.54. The molecule has 0 aromatic heterocycles. The SMILES string of the molecule is CC(C)CC(C)OCCOc1ccc(CN)cc1. The minimum absolute atomic E-state index is 0.299. The summed E-state index contributed by atoms with van der Waals surface area (Å²) in [5.41, 5.74) is 6.65. The highest BCUT2D eigenvalue weighted by molar-refractivity contribution is 5.26. The van der Waals surface area contributed by atoms with Crippen LogP contribution in [0.3, 0.4) is 0 Å². The van der Waals surface area contributed by atoms with Crippen molar-refractivity contribution in [2.24, 2.45) is 11.7 Å². The minimum atomic E-state index is 0.299. The molecule has 18 heavy (non-hydrogen) atoms. The fraction of sp³-hybridized carbons (Fsp3) is 0.600. The van der Waals surface area contributed by atoms with Gasteiger partial charge in [-0.15, -0.1) is 0 Å². The van der Waals surface area contributed by atoms with E-state index in [0.29, 0.717) is 31.8 Å². The van der Waals surface area contributed by atoms with E-state index < -0.39 is 0 Å².